The maximum Gasteiger partial charge on any atom is 0.256 e. The number of para-hydroxylation sites is 1. The second-order valence-corrected chi connectivity index (χ2v) is 11.6. The summed E-state index contributed by atoms with van der Waals surface area (Å²) in [6.07, 6.45) is 13.0. The number of hydrogen-bond acceptors (Lipinski definition) is 5. The van der Waals surface area contributed by atoms with Crippen LogP contribution in [0.4, 0.5) is 0 Å². The fourth-order valence-corrected chi connectivity index (χ4v) is 5.93. The highest BCUT2D eigenvalue weighted by Gasteiger charge is 2.38. The minimum atomic E-state index is 0.0770. The maximum absolute atomic E-state index is 13.2. The smallest absolute Gasteiger partial charge is 0.256 e. The molecule has 2 aromatic rings. The zero-order valence-electron chi connectivity index (χ0n) is 22.1. The molecular weight excluding hydrogens is 448 g/mol. The molecule has 0 atom stereocenters. The normalized spacial score (nSPS) is 21.4. The molecule has 0 bridgehead atoms. The Labute approximate surface area is 216 Å². The summed E-state index contributed by atoms with van der Waals surface area (Å²) in [4.78, 5) is 26.8. The number of carbonyl (C=O) groups is 1. The number of piperidine rings is 1. The average Bonchev–Trinajstić information content (AvgIpc) is 3.71. The number of benzene rings is 1. The Bertz CT molecular complexity index is 1010. The molecule has 194 valence electrons. The van der Waals surface area contributed by atoms with Crippen LogP contribution in [0.2, 0.25) is 0 Å². The van der Waals surface area contributed by atoms with Gasteiger partial charge in [0.25, 0.3) is 5.91 Å². The van der Waals surface area contributed by atoms with E-state index in [4.69, 9.17) is 4.74 Å². The Morgan fingerprint density at radius 2 is 1.81 bits per heavy atom. The second kappa shape index (κ2) is 11.3. The van der Waals surface area contributed by atoms with Crippen LogP contribution in [0.15, 0.2) is 36.7 Å². The van der Waals surface area contributed by atoms with Gasteiger partial charge in [-0.2, -0.15) is 0 Å². The van der Waals surface area contributed by atoms with Crippen molar-refractivity contribution in [3.05, 3.63) is 53.6 Å². The molecule has 2 fully saturated rings. The number of amides is 1. The molecule has 2 aliphatic heterocycles. The maximum atomic E-state index is 13.2. The summed E-state index contributed by atoms with van der Waals surface area (Å²) in [7, 11) is 0. The van der Waals surface area contributed by atoms with Crippen molar-refractivity contribution < 1.29 is 9.53 Å². The number of ether oxygens (including phenoxy) is 1. The van der Waals surface area contributed by atoms with Gasteiger partial charge in [-0.15, -0.1) is 0 Å². The van der Waals surface area contributed by atoms with Crippen molar-refractivity contribution in [2.24, 2.45) is 11.3 Å². The van der Waals surface area contributed by atoms with E-state index < -0.39 is 0 Å². The van der Waals surface area contributed by atoms with E-state index in [1.54, 1.807) is 12.4 Å². The lowest BCUT2D eigenvalue weighted by Crippen LogP contribution is -2.49. The van der Waals surface area contributed by atoms with Crippen LogP contribution in [0, 0.1) is 11.3 Å². The second-order valence-electron chi connectivity index (χ2n) is 11.6. The van der Waals surface area contributed by atoms with Crippen molar-refractivity contribution >= 4 is 5.91 Å². The molecule has 1 aromatic heterocycles. The van der Waals surface area contributed by atoms with Crippen molar-refractivity contribution in [2.45, 2.75) is 71.1 Å². The van der Waals surface area contributed by atoms with Crippen molar-refractivity contribution in [3.8, 4) is 5.75 Å². The third kappa shape index (κ3) is 6.26. The molecule has 1 saturated carbocycles. The number of aryl methyl sites for hydroxylation is 1. The lowest BCUT2D eigenvalue weighted by atomic mass is 9.73. The highest BCUT2D eigenvalue weighted by atomic mass is 16.5. The number of fused-ring (bicyclic) bond motifs is 1. The van der Waals surface area contributed by atoms with Crippen LogP contribution in [0.25, 0.3) is 0 Å². The largest absolute Gasteiger partial charge is 0.492 e. The first kappa shape index (κ1) is 25.2. The van der Waals surface area contributed by atoms with Crippen molar-refractivity contribution in [1.29, 1.82) is 0 Å². The van der Waals surface area contributed by atoms with E-state index in [0.717, 1.165) is 69.5 Å². The molecule has 1 aromatic carbocycles. The summed E-state index contributed by atoms with van der Waals surface area (Å²) in [5.74, 6) is 3.06. The first-order chi connectivity index (χ1) is 17.5. The van der Waals surface area contributed by atoms with Crippen LogP contribution in [0.1, 0.15) is 86.5 Å². The van der Waals surface area contributed by atoms with E-state index in [-0.39, 0.29) is 17.2 Å². The van der Waals surface area contributed by atoms with E-state index in [9.17, 15) is 4.79 Å². The Kier molecular flexibility index (Phi) is 7.90. The van der Waals surface area contributed by atoms with Crippen LogP contribution in [0.5, 0.6) is 5.75 Å². The molecule has 1 saturated heterocycles. The topological polar surface area (TPSA) is 58.6 Å². The fraction of sp³-hybridized carbons (Fsp3) is 0.633. The van der Waals surface area contributed by atoms with Gasteiger partial charge in [0.2, 0.25) is 0 Å². The lowest BCUT2D eigenvalue weighted by Gasteiger charge is -2.45. The van der Waals surface area contributed by atoms with Gasteiger partial charge in [0.15, 0.2) is 0 Å². The summed E-state index contributed by atoms with van der Waals surface area (Å²) < 4.78 is 6.28. The summed E-state index contributed by atoms with van der Waals surface area (Å²) in [5, 5.41) is 0. The van der Waals surface area contributed by atoms with Crippen LogP contribution in [0.3, 0.4) is 0 Å². The minimum Gasteiger partial charge on any atom is -0.492 e. The number of likely N-dealkylation sites (tertiary alicyclic amines) is 1. The van der Waals surface area contributed by atoms with Crippen LogP contribution < -0.4 is 4.74 Å². The van der Waals surface area contributed by atoms with E-state index in [0.29, 0.717) is 5.56 Å². The molecule has 0 N–H and O–H groups in total. The molecule has 6 nitrogen and oxygen atoms in total. The van der Waals surface area contributed by atoms with Crippen LogP contribution >= 0.6 is 0 Å². The van der Waals surface area contributed by atoms with E-state index in [2.05, 4.69) is 53.0 Å². The van der Waals surface area contributed by atoms with Crippen molar-refractivity contribution in [2.75, 3.05) is 39.3 Å². The summed E-state index contributed by atoms with van der Waals surface area (Å²) >= 11 is 0. The van der Waals surface area contributed by atoms with Gasteiger partial charge in [0, 0.05) is 51.0 Å². The Hall–Kier alpha value is -2.47. The van der Waals surface area contributed by atoms with Gasteiger partial charge in [-0.25, -0.2) is 9.97 Å². The molecule has 1 aliphatic carbocycles. The summed E-state index contributed by atoms with van der Waals surface area (Å²) in [6.45, 7) is 9.83. The number of nitrogens with zero attached hydrogens (tertiary/aromatic N) is 4. The molecule has 3 aliphatic rings. The van der Waals surface area contributed by atoms with Crippen LogP contribution in [-0.2, 0) is 6.42 Å². The van der Waals surface area contributed by atoms with Gasteiger partial charge in [-0.1, -0.05) is 38.5 Å². The molecule has 1 amide bonds. The number of aromatic nitrogens is 2. The standard InChI is InChI=1S/C30H42N4O2/c1-23(2)28-31-19-26(20-32-28)29(35)34-15-13-30(14-16-34)12-6-5-8-25-7-3-4-9-27(25)36-18-17-33(22-30)21-24-10-11-24/h3-4,7,9,19-20,23-24H,5-6,8,10-18,21-22H2,1-2H3. The average molecular weight is 491 g/mol. The molecular formula is C30H42N4O2. The summed E-state index contributed by atoms with van der Waals surface area (Å²) in [5.41, 5.74) is 2.23. The van der Waals surface area contributed by atoms with E-state index in [1.165, 1.54) is 44.2 Å². The fourth-order valence-electron chi connectivity index (χ4n) is 5.93. The highest BCUT2D eigenvalue weighted by Crippen LogP contribution is 2.40. The van der Waals surface area contributed by atoms with Gasteiger partial charge in [0.1, 0.15) is 18.2 Å². The monoisotopic (exact) mass is 490 g/mol. The van der Waals surface area contributed by atoms with E-state index >= 15 is 0 Å². The molecule has 1 spiro atoms. The first-order valence-electron chi connectivity index (χ1n) is 14.1. The first-order valence-corrected chi connectivity index (χ1v) is 14.1. The Morgan fingerprint density at radius 3 is 2.53 bits per heavy atom. The molecule has 36 heavy (non-hydrogen) atoms. The SMILES string of the molecule is CC(C)c1ncc(C(=O)N2CCC3(CCCCc4ccccc4OCCN(CC4CC4)C3)CC2)cn1. The molecule has 0 unspecified atom stereocenters. The number of rotatable bonds is 4. The Balaban J connectivity index is 1.26. The van der Waals surface area contributed by atoms with Crippen molar-refractivity contribution in [1.82, 2.24) is 19.8 Å². The summed E-state index contributed by atoms with van der Waals surface area (Å²) in [6, 6.07) is 8.56. The third-order valence-corrected chi connectivity index (χ3v) is 8.36. The minimum absolute atomic E-state index is 0.0770. The van der Waals surface area contributed by atoms with Gasteiger partial charge < -0.3 is 9.64 Å². The van der Waals surface area contributed by atoms with E-state index in [1.807, 2.05) is 4.90 Å². The predicted octanol–water partition coefficient (Wildman–Crippen LogP) is 5.34. The molecule has 3 heterocycles. The molecule has 0 radical (unpaired) electrons. The predicted molar refractivity (Wildman–Crippen MR) is 142 cm³/mol. The van der Waals surface area contributed by atoms with Crippen molar-refractivity contribution in [3.63, 3.8) is 0 Å². The zero-order valence-corrected chi connectivity index (χ0v) is 22.1. The van der Waals surface area contributed by atoms with Crippen LogP contribution in [-0.4, -0.2) is 65.0 Å². The van der Waals surface area contributed by atoms with Gasteiger partial charge in [-0.05, 0) is 67.9 Å². The Morgan fingerprint density at radius 1 is 1.06 bits per heavy atom. The molecule has 6 heteroatoms. The lowest BCUT2D eigenvalue weighted by molar-refractivity contribution is 0.0368. The molecule has 5 rings (SSSR count). The van der Waals surface area contributed by atoms with Gasteiger partial charge in [0.05, 0.1) is 5.56 Å². The quantitative estimate of drug-likeness (QED) is 0.579. The van der Waals surface area contributed by atoms with Gasteiger partial charge >= 0.3 is 0 Å². The van der Waals surface area contributed by atoms with Gasteiger partial charge in [-0.3, -0.25) is 9.69 Å². The third-order valence-electron chi connectivity index (χ3n) is 8.36. The highest BCUT2D eigenvalue weighted by molar-refractivity contribution is 5.93. The number of hydrogen-bond donors (Lipinski definition) is 0. The zero-order chi connectivity index (χ0) is 25.0. The number of carbonyl (C=O) groups excluding carboxylic acids is 1.